The van der Waals surface area contributed by atoms with Gasteiger partial charge in [-0.25, -0.2) is 5.43 Å². The van der Waals surface area contributed by atoms with Gasteiger partial charge in [0.15, 0.2) is 0 Å². The summed E-state index contributed by atoms with van der Waals surface area (Å²) in [6.07, 6.45) is 6.24. The number of nitrogens with zero attached hydrogens (tertiary/aromatic N) is 1. The summed E-state index contributed by atoms with van der Waals surface area (Å²) in [4.78, 5) is 12.2. The Morgan fingerprint density at radius 3 is 3.05 bits per heavy atom. The molecule has 2 N–H and O–H groups in total. The Morgan fingerprint density at radius 2 is 2.33 bits per heavy atom. The van der Waals surface area contributed by atoms with E-state index in [-0.39, 0.29) is 23.0 Å². The molecule has 5 heteroatoms. The highest BCUT2D eigenvalue weighted by Crippen LogP contribution is 2.66. The standard InChI is InChI=1S/C16H19BrN2O2/c1-16-7-3-2-4-12(16)14(16)15(21)19-18-9-10-8-11(17)5-6-13(10)20/h5-6,8-9,12,14,20H,2-4,7H2,1H3,(H,19,21)/b18-9-/t12-,14-,16-/m0/s1. The van der Waals surface area contributed by atoms with Crippen molar-refractivity contribution in [2.24, 2.45) is 22.4 Å². The van der Waals surface area contributed by atoms with Crippen molar-refractivity contribution in [2.75, 3.05) is 0 Å². The fourth-order valence-electron chi connectivity index (χ4n) is 3.71. The summed E-state index contributed by atoms with van der Waals surface area (Å²) < 4.78 is 0.855. The van der Waals surface area contributed by atoms with Crippen molar-refractivity contribution in [1.29, 1.82) is 0 Å². The molecule has 0 aliphatic heterocycles. The summed E-state index contributed by atoms with van der Waals surface area (Å²) in [5.74, 6) is 0.785. The van der Waals surface area contributed by atoms with E-state index in [0.717, 1.165) is 17.3 Å². The Bertz CT molecular complexity index is 602. The van der Waals surface area contributed by atoms with Crippen LogP contribution >= 0.6 is 15.9 Å². The predicted molar refractivity (Wildman–Crippen MR) is 85.1 cm³/mol. The molecule has 0 heterocycles. The summed E-state index contributed by atoms with van der Waals surface area (Å²) in [6, 6.07) is 5.09. The average Bonchev–Trinajstić information content (AvgIpc) is 3.08. The molecule has 0 spiro atoms. The number of phenolic OH excluding ortho intramolecular Hbond substituents is 1. The second-order valence-corrected chi connectivity index (χ2v) is 7.19. The van der Waals surface area contributed by atoms with Crippen molar-refractivity contribution in [1.82, 2.24) is 5.43 Å². The molecular formula is C16H19BrN2O2. The van der Waals surface area contributed by atoms with Gasteiger partial charge in [0.05, 0.1) is 6.21 Å². The molecule has 1 aromatic carbocycles. The van der Waals surface area contributed by atoms with Crippen LogP contribution in [0.4, 0.5) is 0 Å². The van der Waals surface area contributed by atoms with E-state index >= 15 is 0 Å². The van der Waals surface area contributed by atoms with Gasteiger partial charge in [0.2, 0.25) is 5.91 Å². The number of benzene rings is 1. The number of hydrogen-bond acceptors (Lipinski definition) is 3. The molecule has 0 bridgehead atoms. The van der Waals surface area contributed by atoms with Crippen LogP contribution in [0.15, 0.2) is 27.8 Å². The van der Waals surface area contributed by atoms with Crippen molar-refractivity contribution in [3.63, 3.8) is 0 Å². The summed E-state index contributed by atoms with van der Waals surface area (Å²) >= 11 is 3.34. The normalized spacial score (nSPS) is 31.0. The van der Waals surface area contributed by atoms with Crippen molar-refractivity contribution < 1.29 is 9.90 Å². The van der Waals surface area contributed by atoms with Crippen LogP contribution in [-0.2, 0) is 4.79 Å². The van der Waals surface area contributed by atoms with Gasteiger partial charge in [0, 0.05) is 16.0 Å². The van der Waals surface area contributed by atoms with E-state index in [1.165, 1.54) is 19.1 Å². The number of carbonyl (C=O) groups is 1. The molecule has 2 aliphatic carbocycles. The van der Waals surface area contributed by atoms with Crippen LogP contribution in [0.1, 0.15) is 38.2 Å². The lowest BCUT2D eigenvalue weighted by atomic mass is 9.90. The lowest BCUT2D eigenvalue weighted by molar-refractivity contribution is -0.123. The molecule has 1 aromatic rings. The van der Waals surface area contributed by atoms with E-state index in [1.807, 2.05) is 0 Å². The minimum atomic E-state index is 0.00939. The lowest BCUT2D eigenvalue weighted by Crippen LogP contribution is -2.22. The average molecular weight is 351 g/mol. The molecule has 4 nitrogen and oxygen atoms in total. The van der Waals surface area contributed by atoms with Crippen molar-refractivity contribution >= 4 is 28.1 Å². The Kier molecular flexibility index (Phi) is 3.78. The number of nitrogens with one attached hydrogen (secondary N) is 1. The second kappa shape index (κ2) is 5.44. The lowest BCUT2D eigenvalue weighted by Gasteiger charge is -2.15. The van der Waals surface area contributed by atoms with Gasteiger partial charge in [-0.1, -0.05) is 35.7 Å². The van der Waals surface area contributed by atoms with Gasteiger partial charge in [0.25, 0.3) is 0 Å². The van der Waals surface area contributed by atoms with Crippen LogP contribution in [0.2, 0.25) is 0 Å². The molecule has 2 fully saturated rings. The first-order valence-corrected chi connectivity index (χ1v) is 8.13. The van der Waals surface area contributed by atoms with E-state index < -0.39 is 0 Å². The highest BCUT2D eigenvalue weighted by molar-refractivity contribution is 9.10. The molecule has 0 aromatic heterocycles. The van der Waals surface area contributed by atoms with Gasteiger partial charge in [-0.2, -0.15) is 5.10 Å². The topological polar surface area (TPSA) is 61.7 Å². The number of amides is 1. The largest absolute Gasteiger partial charge is 0.507 e. The van der Waals surface area contributed by atoms with Crippen LogP contribution in [0.5, 0.6) is 5.75 Å². The zero-order valence-corrected chi connectivity index (χ0v) is 13.6. The Hall–Kier alpha value is -1.36. The molecule has 112 valence electrons. The first-order valence-electron chi connectivity index (χ1n) is 7.34. The first-order chi connectivity index (χ1) is 10.0. The number of hydrogen-bond donors (Lipinski definition) is 2. The smallest absolute Gasteiger partial charge is 0.244 e. The van der Waals surface area contributed by atoms with Crippen molar-refractivity contribution in [2.45, 2.75) is 32.6 Å². The molecule has 3 atom stereocenters. The number of carbonyl (C=O) groups excluding carboxylic acids is 1. The molecule has 2 aliphatic rings. The van der Waals surface area contributed by atoms with E-state index in [4.69, 9.17) is 0 Å². The predicted octanol–water partition coefficient (Wildman–Crippen LogP) is 3.43. The van der Waals surface area contributed by atoms with E-state index in [2.05, 4.69) is 33.4 Å². The minimum Gasteiger partial charge on any atom is -0.507 e. The van der Waals surface area contributed by atoms with Crippen LogP contribution in [0, 0.1) is 17.3 Å². The molecular weight excluding hydrogens is 332 g/mol. The van der Waals surface area contributed by atoms with Crippen LogP contribution < -0.4 is 5.43 Å². The number of hydrazone groups is 1. The highest BCUT2D eigenvalue weighted by atomic mass is 79.9. The van der Waals surface area contributed by atoms with Crippen molar-refractivity contribution in [3.8, 4) is 5.75 Å². The number of fused-ring (bicyclic) bond motifs is 1. The maximum Gasteiger partial charge on any atom is 0.244 e. The van der Waals surface area contributed by atoms with Gasteiger partial charge < -0.3 is 5.11 Å². The third-order valence-electron chi connectivity index (χ3n) is 4.98. The van der Waals surface area contributed by atoms with Crippen LogP contribution in [0.3, 0.4) is 0 Å². The number of aromatic hydroxyl groups is 1. The third-order valence-corrected chi connectivity index (χ3v) is 5.48. The molecule has 2 saturated carbocycles. The summed E-state index contributed by atoms with van der Waals surface area (Å²) in [7, 11) is 0. The van der Waals surface area contributed by atoms with Gasteiger partial charge in [-0.3, -0.25) is 4.79 Å². The Labute approximate surface area is 132 Å². The van der Waals surface area contributed by atoms with Gasteiger partial charge in [-0.05, 0) is 42.4 Å². The maximum atomic E-state index is 12.2. The quantitative estimate of drug-likeness (QED) is 0.647. The minimum absolute atomic E-state index is 0.00939. The van der Waals surface area contributed by atoms with E-state index in [9.17, 15) is 9.90 Å². The number of phenols is 1. The molecule has 3 rings (SSSR count). The molecule has 21 heavy (non-hydrogen) atoms. The molecule has 0 unspecified atom stereocenters. The van der Waals surface area contributed by atoms with Crippen LogP contribution in [-0.4, -0.2) is 17.2 Å². The van der Waals surface area contributed by atoms with Gasteiger partial charge in [-0.15, -0.1) is 0 Å². The fraction of sp³-hybridized carbons (Fsp3) is 0.500. The first kappa shape index (κ1) is 14.6. The summed E-state index contributed by atoms with van der Waals surface area (Å²) in [5, 5.41) is 13.7. The summed E-state index contributed by atoms with van der Waals surface area (Å²) in [6.45, 7) is 2.21. The van der Waals surface area contributed by atoms with Gasteiger partial charge in [0.1, 0.15) is 5.75 Å². The monoisotopic (exact) mass is 350 g/mol. The SMILES string of the molecule is C[C@]12CCCC[C@H]1[C@H]2C(=O)N/N=C\c1cc(Br)ccc1O. The third kappa shape index (κ3) is 2.71. The number of halogens is 1. The van der Waals surface area contributed by atoms with Crippen molar-refractivity contribution in [3.05, 3.63) is 28.2 Å². The molecule has 1 amide bonds. The van der Waals surface area contributed by atoms with E-state index in [1.54, 1.807) is 18.2 Å². The summed E-state index contributed by atoms with van der Waals surface area (Å²) in [5.41, 5.74) is 3.39. The number of rotatable bonds is 3. The zero-order valence-electron chi connectivity index (χ0n) is 12.0. The zero-order chi connectivity index (χ0) is 15.0. The highest BCUT2D eigenvalue weighted by Gasteiger charge is 2.64. The second-order valence-electron chi connectivity index (χ2n) is 6.27. The van der Waals surface area contributed by atoms with E-state index in [0.29, 0.717) is 11.5 Å². The Morgan fingerprint density at radius 1 is 1.52 bits per heavy atom. The molecule has 0 saturated heterocycles. The van der Waals surface area contributed by atoms with Gasteiger partial charge >= 0.3 is 0 Å². The maximum absolute atomic E-state index is 12.2. The van der Waals surface area contributed by atoms with Crippen LogP contribution in [0.25, 0.3) is 0 Å². The Balaban J connectivity index is 1.62. The fourth-order valence-corrected chi connectivity index (χ4v) is 4.09. The molecule has 0 radical (unpaired) electrons.